The zero-order valence-electron chi connectivity index (χ0n) is 14.7. The van der Waals surface area contributed by atoms with Gasteiger partial charge in [0, 0.05) is 18.3 Å². The number of carbonyl (C=O) groups excluding carboxylic acids is 1. The van der Waals surface area contributed by atoms with E-state index < -0.39 is 0 Å². The van der Waals surface area contributed by atoms with Crippen molar-refractivity contribution in [2.45, 2.75) is 13.3 Å². The van der Waals surface area contributed by atoms with Gasteiger partial charge in [-0.25, -0.2) is 4.68 Å². The summed E-state index contributed by atoms with van der Waals surface area (Å²) >= 11 is 8.38. The minimum Gasteiger partial charge on any atom is -0.293 e. The summed E-state index contributed by atoms with van der Waals surface area (Å²) in [7, 11) is 0. The predicted octanol–water partition coefficient (Wildman–Crippen LogP) is 5.21. The van der Waals surface area contributed by atoms with Gasteiger partial charge in [0.05, 0.1) is 15.5 Å². The highest BCUT2D eigenvalue weighted by atomic mass is 32.2. The van der Waals surface area contributed by atoms with E-state index in [1.54, 1.807) is 16.2 Å². The molecule has 1 aliphatic rings. The molecule has 4 nitrogen and oxygen atoms in total. The molecule has 3 heterocycles. The third-order valence-corrected chi connectivity index (χ3v) is 6.38. The number of hydrogen-bond donors (Lipinski definition) is 0. The summed E-state index contributed by atoms with van der Waals surface area (Å²) in [5.74, 6) is -0.0172. The van der Waals surface area contributed by atoms with E-state index in [4.69, 9.17) is 17.3 Å². The Morgan fingerprint density at radius 2 is 2.00 bits per heavy atom. The van der Waals surface area contributed by atoms with E-state index in [1.165, 1.54) is 11.8 Å². The van der Waals surface area contributed by atoms with Crippen LogP contribution in [0.2, 0.25) is 0 Å². The first-order valence-electron chi connectivity index (χ1n) is 8.61. The van der Waals surface area contributed by atoms with E-state index in [2.05, 4.69) is 0 Å². The summed E-state index contributed by atoms with van der Waals surface area (Å²) < 4.78 is 2.48. The third-order valence-electron chi connectivity index (χ3n) is 4.13. The molecule has 4 rings (SSSR count). The summed E-state index contributed by atoms with van der Waals surface area (Å²) in [6.45, 7) is 2.70. The van der Waals surface area contributed by atoms with Gasteiger partial charge in [0.2, 0.25) is 0 Å². The van der Waals surface area contributed by atoms with Crippen molar-refractivity contribution >= 4 is 51.6 Å². The van der Waals surface area contributed by atoms with Crippen molar-refractivity contribution in [1.82, 2.24) is 14.7 Å². The molecular weight excluding hydrogens is 394 g/mol. The van der Waals surface area contributed by atoms with Crippen LogP contribution in [0.4, 0.5) is 0 Å². The molecule has 0 saturated carbocycles. The Kier molecular flexibility index (Phi) is 5.24. The number of aromatic nitrogens is 2. The van der Waals surface area contributed by atoms with Crippen LogP contribution >= 0.6 is 35.3 Å². The van der Waals surface area contributed by atoms with Crippen LogP contribution in [0.25, 0.3) is 22.3 Å². The van der Waals surface area contributed by atoms with Crippen LogP contribution in [0.15, 0.2) is 58.9 Å². The van der Waals surface area contributed by atoms with Gasteiger partial charge in [-0.3, -0.25) is 9.69 Å². The predicted molar refractivity (Wildman–Crippen MR) is 117 cm³/mol. The number of thiocarbonyl (C=S) groups is 1. The zero-order valence-corrected chi connectivity index (χ0v) is 17.1. The van der Waals surface area contributed by atoms with Crippen LogP contribution in [0.1, 0.15) is 18.9 Å². The number of thiophene rings is 1. The van der Waals surface area contributed by atoms with Gasteiger partial charge < -0.3 is 0 Å². The molecule has 1 saturated heterocycles. The molecule has 136 valence electrons. The van der Waals surface area contributed by atoms with E-state index in [-0.39, 0.29) is 5.91 Å². The van der Waals surface area contributed by atoms with Gasteiger partial charge in [-0.1, -0.05) is 55.2 Å². The maximum atomic E-state index is 12.7. The monoisotopic (exact) mass is 411 g/mol. The lowest BCUT2D eigenvalue weighted by molar-refractivity contribution is -0.122. The van der Waals surface area contributed by atoms with Crippen molar-refractivity contribution in [2.75, 3.05) is 6.54 Å². The van der Waals surface area contributed by atoms with Gasteiger partial charge in [-0.15, -0.1) is 11.3 Å². The van der Waals surface area contributed by atoms with Crippen molar-refractivity contribution < 1.29 is 4.79 Å². The number of amides is 1. The summed E-state index contributed by atoms with van der Waals surface area (Å²) in [6.07, 6.45) is 4.76. The Bertz CT molecular complexity index is 1010. The van der Waals surface area contributed by atoms with Crippen LogP contribution in [0, 0.1) is 0 Å². The number of rotatable bonds is 5. The minimum absolute atomic E-state index is 0.0172. The first-order chi connectivity index (χ1) is 13.2. The van der Waals surface area contributed by atoms with E-state index in [9.17, 15) is 4.79 Å². The van der Waals surface area contributed by atoms with Crippen LogP contribution in [0.3, 0.4) is 0 Å². The van der Waals surface area contributed by atoms with E-state index in [1.807, 2.05) is 71.7 Å². The lowest BCUT2D eigenvalue weighted by atomic mass is 10.2. The first kappa shape index (κ1) is 18.2. The Morgan fingerprint density at radius 3 is 2.70 bits per heavy atom. The Morgan fingerprint density at radius 1 is 1.19 bits per heavy atom. The molecule has 7 heteroatoms. The molecule has 0 bridgehead atoms. The molecular formula is C20H17N3OS3. The molecule has 1 aromatic carbocycles. The van der Waals surface area contributed by atoms with Gasteiger partial charge in [-0.05, 0) is 36.1 Å². The second kappa shape index (κ2) is 7.80. The topological polar surface area (TPSA) is 38.1 Å². The lowest BCUT2D eigenvalue weighted by Gasteiger charge is -2.11. The Labute approximate surface area is 171 Å². The third kappa shape index (κ3) is 3.63. The quantitative estimate of drug-likeness (QED) is 0.427. The smallest absolute Gasteiger partial charge is 0.266 e. The molecule has 0 radical (unpaired) electrons. The maximum absolute atomic E-state index is 12.7. The van der Waals surface area contributed by atoms with Crippen molar-refractivity contribution in [3.8, 4) is 16.3 Å². The highest BCUT2D eigenvalue weighted by molar-refractivity contribution is 8.26. The van der Waals surface area contributed by atoms with Gasteiger partial charge in [0.25, 0.3) is 5.91 Å². The van der Waals surface area contributed by atoms with Crippen LogP contribution in [-0.2, 0) is 4.79 Å². The van der Waals surface area contributed by atoms with E-state index >= 15 is 0 Å². The first-order valence-corrected chi connectivity index (χ1v) is 10.7. The molecule has 1 aliphatic heterocycles. The van der Waals surface area contributed by atoms with Gasteiger partial charge >= 0.3 is 0 Å². The summed E-state index contributed by atoms with van der Waals surface area (Å²) in [5.41, 5.74) is 2.77. The standard InChI is InChI=1S/C20H17N3OS3/c1-2-10-22-19(24)17(27-20(22)25)12-14-13-23(15-7-4-3-5-8-15)21-18(14)16-9-6-11-26-16/h3-9,11-13H,2,10H2,1H3. The molecule has 27 heavy (non-hydrogen) atoms. The number of hydrogen-bond acceptors (Lipinski definition) is 5. The number of nitrogens with zero attached hydrogens (tertiary/aromatic N) is 3. The second-order valence-corrected chi connectivity index (χ2v) is 8.65. The Hall–Kier alpha value is -2.22. The normalized spacial score (nSPS) is 15.9. The molecule has 0 aliphatic carbocycles. The van der Waals surface area contributed by atoms with Gasteiger partial charge in [0.1, 0.15) is 10.0 Å². The fourth-order valence-electron chi connectivity index (χ4n) is 2.87. The highest BCUT2D eigenvalue weighted by Crippen LogP contribution is 2.35. The van der Waals surface area contributed by atoms with Crippen molar-refractivity contribution in [1.29, 1.82) is 0 Å². The summed E-state index contributed by atoms with van der Waals surface area (Å²) in [5, 5.41) is 6.81. The number of carbonyl (C=O) groups is 1. The zero-order chi connectivity index (χ0) is 18.8. The van der Waals surface area contributed by atoms with Crippen LogP contribution in [0.5, 0.6) is 0 Å². The molecule has 0 N–H and O–H groups in total. The molecule has 0 spiro atoms. The molecule has 1 fully saturated rings. The van der Waals surface area contributed by atoms with Crippen molar-refractivity contribution in [3.05, 3.63) is 64.5 Å². The number of para-hydroxylation sites is 1. The minimum atomic E-state index is -0.0172. The molecule has 2 aromatic heterocycles. The van der Waals surface area contributed by atoms with E-state index in [0.29, 0.717) is 15.8 Å². The molecule has 1 amide bonds. The maximum Gasteiger partial charge on any atom is 0.266 e. The largest absolute Gasteiger partial charge is 0.293 e. The van der Waals surface area contributed by atoms with Gasteiger partial charge in [0.15, 0.2) is 0 Å². The summed E-state index contributed by atoms with van der Waals surface area (Å²) in [6, 6.07) is 14.0. The second-order valence-electron chi connectivity index (χ2n) is 6.02. The SMILES string of the molecule is CCCN1C(=O)C(=Cc2cn(-c3ccccc3)nc2-c2cccs2)SC1=S. The van der Waals surface area contributed by atoms with Crippen LogP contribution < -0.4 is 0 Å². The van der Waals surface area contributed by atoms with Crippen molar-refractivity contribution in [3.63, 3.8) is 0 Å². The van der Waals surface area contributed by atoms with Crippen molar-refractivity contribution in [2.24, 2.45) is 0 Å². The molecule has 0 unspecified atom stereocenters. The molecule has 3 aromatic rings. The summed E-state index contributed by atoms with van der Waals surface area (Å²) in [4.78, 5) is 16.1. The van der Waals surface area contributed by atoms with Crippen LogP contribution in [-0.4, -0.2) is 31.5 Å². The highest BCUT2D eigenvalue weighted by Gasteiger charge is 2.31. The number of benzene rings is 1. The molecule has 0 atom stereocenters. The fourth-order valence-corrected chi connectivity index (χ4v) is 4.90. The Balaban J connectivity index is 1.77. The average molecular weight is 412 g/mol. The van der Waals surface area contributed by atoms with E-state index in [0.717, 1.165) is 28.2 Å². The number of thioether (sulfide) groups is 1. The van der Waals surface area contributed by atoms with Gasteiger partial charge in [-0.2, -0.15) is 5.10 Å². The lowest BCUT2D eigenvalue weighted by Crippen LogP contribution is -2.28. The average Bonchev–Trinajstić information content (AvgIpc) is 3.40. The fraction of sp³-hybridized carbons (Fsp3) is 0.150.